The molecule has 1 atom stereocenters. The Balaban J connectivity index is 2.26. The van der Waals surface area contributed by atoms with Gasteiger partial charge in [-0.3, -0.25) is 4.79 Å². The van der Waals surface area contributed by atoms with E-state index < -0.39 is 17.7 Å². The molecule has 1 N–H and O–H groups in total. The molecule has 0 amide bonds. The van der Waals surface area contributed by atoms with Crippen molar-refractivity contribution in [2.24, 2.45) is 0 Å². The molecule has 0 spiro atoms. The number of hydrogen-bond donors (Lipinski definition) is 1. The van der Waals surface area contributed by atoms with Gasteiger partial charge in [0, 0.05) is 12.4 Å². The summed E-state index contributed by atoms with van der Waals surface area (Å²) in [5.41, 5.74) is 0.596. The molecule has 0 saturated heterocycles. The van der Waals surface area contributed by atoms with E-state index in [0.717, 1.165) is 0 Å². The molecule has 0 aliphatic rings. The van der Waals surface area contributed by atoms with E-state index in [0.29, 0.717) is 10.0 Å². The number of nitrogens with zero attached hydrogens (tertiary/aromatic N) is 2. The molecule has 2 rings (SSSR count). The third kappa shape index (κ3) is 3.57. The molecule has 1 unspecified atom stereocenters. The van der Waals surface area contributed by atoms with E-state index in [9.17, 15) is 14.3 Å². The van der Waals surface area contributed by atoms with Gasteiger partial charge in [-0.05, 0) is 40.0 Å². The number of hydrogen-bond acceptors (Lipinski definition) is 3. The normalized spacial score (nSPS) is 12.1. The van der Waals surface area contributed by atoms with Crippen molar-refractivity contribution in [2.75, 3.05) is 0 Å². The molecule has 0 saturated carbocycles. The van der Waals surface area contributed by atoms with E-state index in [1.807, 2.05) is 0 Å². The Morgan fingerprint density at radius 1 is 1.37 bits per heavy atom. The first-order valence-electron chi connectivity index (χ1n) is 5.51. The molecule has 98 valence electrons. The zero-order valence-electron chi connectivity index (χ0n) is 9.75. The number of carboxylic acid groups (broad SMARTS) is 1. The highest BCUT2D eigenvalue weighted by Gasteiger charge is 2.23. The molecule has 0 aliphatic carbocycles. The molecule has 1 aromatic heterocycles. The SMILES string of the molecule is O=C(O)C(Cc1cccc(F)c1)c1ncc(Br)cn1. The quantitative estimate of drug-likeness (QED) is 0.939. The monoisotopic (exact) mass is 324 g/mol. The summed E-state index contributed by atoms with van der Waals surface area (Å²) < 4.78 is 13.8. The van der Waals surface area contributed by atoms with Crippen LogP contribution in [0.15, 0.2) is 41.1 Å². The largest absolute Gasteiger partial charge is 0.481 e. The number of halogens is 2. The standard InChI is InChI=1S/C13H10BrFN2O2/c14-9-6-16-12(17-7-9)11(13(18)19)5-8-2-1-3-10(15)4-8/h1-4,6-7,11H,5H2,(H,18,19). The van der Waals surface area contributed by atoms with Gasteiger partial charge < -0.3 is 5.11 Å². The average molecular weight is 325 g/mol. The fourth-order valence-corrected chi connectivity index (χ4v) is 1.90. The van der Waals surface area contributed by atoms with Crippen LogP contribution in [0.1, 0.15) is 17.3 Å². The Morgan fingerprint density at radius 2 is 2.05 bits per heavy atom. The van der Waals surface area contributed by atoms with Crippen molar-refractivity contribution in [3.63, 3.8) is 0 Å². The van der Waals surface area contributed by atoms with Crippen molar-refractivity contribution in [3.8, 4) is 0 Å². The van der Waals surface area contributed by atoms with Crippen molar-refractivity contribution in [1.29, 1.82) is 0 Å². The highest BCUT2D eigenvalue weighted by molar-refractivity contribution is 9.10. The van der Waals surface area contributed by atoms with Crippen LogP contribution in [0.2, 0.25) is 0 Å². The zero-order valence-corrected chi connectivity index (χ0v) is 11.3. The van der Waals surface area contributed by atoms with Crippen LogP contribution in [0.3, 0.4) is 0 Å². The molecule has 4 nitrogen and oxygen atoms in total. The third-order valence-electron chi connectivity index (χ3n) is 2.58. The summed E-state index contributed by atoms with van der Waals surface area (Å²) >= 11 is 3.19. The number of aliphatic carboxylic acids is 1. The Bertz CT molecular complexity index is 589. The van der Waals surface area contributed by atoms with Gasteiger partial charge in [0.05, 0.1) is 4.47 Å². The van der Waals surface area contributed by atoms with Crippen molar-refractivity contribution >= 4 is 21.9 Å². The van der Waals surface area contributed by atoms with Crippen LogP contribution in [0.4, 0.5) is 4.39 Å². The van der Waals surface area contributed by atoms with E-state index in [1.165, 1.54) is 24.5 Å². The minimum absolute atomic E-state index is 0.148. The molecule has 0 aliphatic heterocycles. The number of carbonyl (C=O) groups is 1. The smallest absolute Gasteiger partial charge is 0.314 e. The predicted octanol–water partition coefficient (Wildman–Crippen LogP) is 2.79. The highest BCUT2D eigenvalue weighted by atomic mass is 79.9. The topological polar surface area (TPSA) is 63.1 Å². The first-order chi connectivity index (χ1) is 9.06. The summed E-state index contributed by atoms with van der Waals surface area (Å²) in [6.45, 7) is 0. The first-order valence-corrected chi connectivity index (χ1v) is 6.30. The number of rotatable bonds is 4. The Labute approximate surface area is 117 Å². The van der Waals surface area contributed by atoms with Crippen molar-refractivity contribution in [1.82, 2.24) is 9.97 Å². The molecular weight excluding hydrogens is 315 g/mol. The number of carboxylic acids is 1. The summed E-state index contributed by atoms with van der Waals surface area (Å²) in [6, 6.07) is 5.86. The summed E-state index contributed by atoms with van der Waals surface area (Å²) in [6.07, 6.45) is 3.13. The third-order valence-corrected chi connectivity index (χ3v) is 2.99. The van der Waals surface area contributed by atoms with Gasteiger partial charge in [-0.25, -0.2) is 14.4 Å². The van der Waals surface area contributed by atoms with Gasteiger partial charge in [-0.15, -0.1) is 0 Å². The van der Waals surface area contributed by atoms with Crippen molar-refractivity contribution in [3.05, 3.63) is 58.3 Å². The summed E-state index contributed by atoms with van der Waals surface area (Å²) in [5, 5.41) is 9.24. The van der Waals surface area contributed by atoms with Crippen molar-refractivity contribution < 1.29 is 14.3 Å². The van der Waals surface area contributed by atoms with Gasteiger partial charge in [-0.2, -0.15) is 0 Å². The summed E-state index contributed by atoms with van der Waals surface area (Å²) in [7, 11) is 0. The lowest BCUT2D eigenvalue weighted by Crippen LogP contribution is -2.17. The van der Waals surface area contributed by atoms with Crippen LogP contribution in [0.25, 0.3) is 0 Å². The van der Waals surface area contributed by atoms with Gasteiger partial charge in [-0.1, -0.05) is 12.1 Å². The van der Waals surface area contributed by atoms with Gasteiger partial charge in [0.2, 0.25) is 0 Å². The van der Waals surface area contributed by atoms with Crippen LogP contribution in [0.5, 0.6) is 0 Å². The Kier molecular flexibility index (Phi) is 4.21. The zero-order chi connectivity index (χ0) is 13.8. The molecule has 0 radical (unpaired) electrons. The number of benzene rings is 1. The van der Waals surface area contributed by atoms with E-state index in [4.69, 9.17) is 0 Å². The van der Waals surface area contributed by atoms with Crippen LogP contribution in [-0.4, -0.2) is 21.0 Å². The maximum absolute atomic E-state index is 13.1. The van der Waals surface area contributed by atoms with E-state index >= 15 is 0 Å². The van der Waals surface area contributed by atoms with E-state index in [-0.39, 0.29) is 12.2 Å². The summed E-state index contributed by atoms with van der Waals surface area (Å²) in [4.78, 5) is 19.3. The second kappa shape index (κ2) is 5.88. The van der Waals surface area contributed by atoms with Gasteiger partial charge in [0.1, 0.15) is 17.6 Å². The lowest BCUT2D eigenvalue weighted by molar-refractivity contribution is -0.139. The van der Waals surface area contributed by atoms with Crippen LogP contribution < -0.4 is 0 Å². The average Bonchev–Trinajstić information content (AvgIpc) is 2.37. The molecule has 1 heterocycles. The maximum Gasteiger partial charge on any atom is 0.314 e. The van der Waals surface area contributed by atoms with Crippen molar-refractivity contribution in [2.45, 2.75) is 12.3 Å². The van der Waals surface area contributed by atoms with Gasteiger partial charge >= 0.3 is 5.97 Å². The first kappa shape index (κ1) is 13.6. The van der Waals surface area contributed by atoms with Crippen LogP contribution >= 0.6 is 15.9 Å². The molecule has 0 bridgehead atoms. The molecule has 6 heteroatoms. The summed E-state index contributed by atoms with van der Waals surface area (Å²) in [5.74, 6) is -2.11. The van der Waals surface area contributed by atoms with E-state index in [2.05, 4.69) is 25.9 Å². The molecular formula is C13H10BrFN2O2. The lowest BCUT2D eigenvalue weighted by atomic mass is 9.98. The molecule has 19 heavy (non-hydrogen) atoms. The fourth-order valence-electron chi connectivity index (χ4n) is 1.69. The maximum atomic E-state index is 13.1. The minimum atomic E-state index is -1.04. The minimum Gasteiger partial charge on any atom is -0.481 e. The number of aromatic nitrogens is 2. The lowest BCUT2D eigenvalue weighted by Gasteiger charge is -2.11. The second-order valence-electron chi connectivity index (χ2n) is 3.98. The molecule has 2 aromatic rings. The Hall–Kier alpha value is -1.82. The highest BCUT2D eigenvalue weighted by Crippen LogP contribution is 2.19. The molecule has 1 aromatic carbocycles. The fraction of sp³-hybridized carbons (Fsp3) is 0.154. The second-order valence-corrected chi connectivity index (χ2v) is 4.90. The van der Waals surface area contributed by atoms with Gasteiger partial charge in [0.15, 0.2) is 0 Å². The molecule has 0 fully saturated rings. The van der Waals surface area contributed by atoms with Gasteiger partial charge in [0.25, 0.3) is 0 Å². The van der Waals surface area contributed by atoms with Crippen LogP contribution in [-0.2, 0) is 11.2 Å². The van der Waals surface area contributed by atoms with Crippen LogP contribution in [0, 0.1) is 5.82 Å². The van der Waals surface area contributed by atoms with E-state index in [1.54, 1.807) is 12.1 Å². The predicted molar refractivity (Wildman–Crippen MR) is 70.2 cm³/mol. The Morgan fingerprint density at radius 3 is 2.63 bits per heavy atom.